The lowest BCUT2D eigenvalue weighted by molar-refractivity contribution is -0.122. The van der Waals surface area contributed by atoms with Crippen molar-refractivity contribution in [3.63, 3.8) is 0 Å². The summed E-state index contributed by atoms with van der Waals surface area (Å²) >= 11 is 5.31. The van der Waals surface area contributed by atoms with Crippen molar-refractivity contribution < 1.29 is 18.3 Å². The van der Waals surface area contributed by atoms with Gasteiger partial charge in [-0.2, -0.15) is 8.78 Å². The molecule has 1 aliphatic rings. The minimum Gasteiger partial charge on any atom is -0.435 e. The summed E-state index contributed by atoms with van der Waals surface area (Å²) in [4.78, 5) is 13.2. The van der Waals surface area contributed by atoms with Crippen LogP contribution in [0.15, 0.2) is 24.3 Å². The van der Waals surface area contributed by atoms with Gasteiger partial charge in [0.05, 0.1) is 0 Å². The van der Waals surface area contributed by atoms with E-state index in [1.807, 2.05) is 0 Å². The maximum atomic E-state index is 12.1. The summed E-state index contributed by atoms with van der Waals surface area (Å²) in [5.41, 5.74) is 6.02. The SMILES string of the molecule is NC(=O)[C@@H]1CCCCN1C(=S)Nc1ccc(OC(F)F)cc1. The van der Waals surface area contributed by atoms with Crippen molar-refractivity contribution in [2.75, 3.05) is 11.9 Å². The molecule has 0 aliphatic carbocycles. The van der Waals surface area contributed by atoms with Gasteiger partial charge >= 0.3 is 6.61 Å². The van der Waals surface area contributed by atoms with E-state index in [1.54, 1.807) is 17.0 Å². The van der Waals surface area contributed by atoms with Gasteiger partial charge in [0.25, 0.3) is 0 Å². The third-order valence-electron chi connectivity index (χ3n) is 3.42. The summed E-state index contributed by atoms with van der Waals surface area (Å²) in [5.74, 6) is -0.330. The molecule has 5 nitrogen and oxygen atoms in total. The minimum absolute atomic E-state index is 0.0689. The minimum atomic E-state index is -2.86. The fourth-order valence-corrected chi connectivity index (χ4v) is 2.72. The number of amides is 1. The van der Waals surface area contributed by atoms with Crippen molar-refractivity contribution >= 4 is 28.9 Å². The van der Waals surface area contributed by atoms with Crippen LogP contribution in [0.25, 0.3) is 0 Å². The molecule has 1 heterocycles. The number of ether oxygens (including phenoxy) is 1. The van der Waals surface area contributed by atoms with E-state index in [4.69, 9.17) is 18.0 Å². The molecule has 1 atom stereocenters. The molecule has 3 N–H and O–H groups in total. The second-order valence-corrected chi connectivity index (χ2v) is 5.33. The standard InChI is InChI=1S/C14H17F2N3O2S/c15-13(16)21-10-6-4-9(5-7-10)18-14(22)19-8-2-1-3-11(19)12(17)20/h4-7,11,13H,1-3,8H2,(H2,17,20)(H,18,22)/t11-/m0/s1. The Morgan fingerprint density at radius 3 is 2.64 bits per heavy atom. The van der Waals surface area contributed by atoms with Gasteiger partial charge < -0.3 is 20.7 Å². The van der Waals surface area contributed by atoms with Crippen molar-refractivity contribution in [2.24, 2.45) is 5.73 Å². The first-order valence-electron chi connectivity index (χ1n) is 6.89. The molecule has 0 aromatic heterocycles. The fraction of sp³-hybridized carbons (Fsp3) is 0.429. The highest BCUT2D eigenvalue weighted by Gasteiger charge is 2.28. The second-order valence-electron chi connectivity index (χ2n) is 4.94. The molecule has 0 radical (unpaired) electrons. The maximum absolute atomic E-state index is 12.1. The van der Waals surface area contributed by atoms with Crippen LogP contribution < -0.4 is 15.8 Å². The normalized spacial score (nSPS) is 18.1. The molecule has 1 saturated heterocycles. The molecular formula is C14H17F2N3O2S. The van der Waals surface area contributed by atoms with Crippen LogP contribution in [0.2, 0.25) is 0 Å². The number of carbonyl (C=O) groups excluding carboxylic acids is 1. The zero-order valence-electron chi connectivity index (χ0n) is 11.8. The van der Waals surface area contributed by atoms with Crippen molar-refractivity contribution in [3.05, 3.63) is 24.3 Å². The lowest BCUT2D eigenvalue weighted by Crippen LogP contribution is -2.51. The fourth-order valence-electron chi connectivity index (χ4n) is 2.39. The molecule has 1 aliphatic heterocycles. The summed E-state index contributed by atoms with van der Waals surface area (Å²) in [5, 5.41) is 3.38. The monoisotopic (exact) mass is 329 g/mol. The number of nitrogens with one attached hydrogen (secondary N) is 1. The van der Waals surface area contributed by atoms with Gasteiger partial charge in [0, 0.05) is 12.2 Å². The van der Waals surface area contributed by atoms with E-state index in [9.17, 15) is 13.6 Å². The summed E-state index contributed by atoms with van der Waals surface area (Å²) < 4.78 is 28.4. The predicted molar refractivity (Wildman–Crippen MR) is 82.8 cm³/mol. The molecule has 1 amide bonds. The predicted octanol–water partition coefficient (Wildman–Crippen LogP) is 2.32. The average Bonchev–Trinajstić information content (AvgIpc) is 2.48. The van der Waals surface area contributed by atoms with Crippen LogP contribution in [0.3, 0.4) is 0 Å². The number of carbonyl (C=O) groups is 1. The van der Waals surface area contributed by atoms with Gasteiger partial charge in [-0.3, -0.25) is 4.79 Å². The Morgan fingerprint density at radius 2 is 2.05 bits per heavy atom. The van der Waals surface area contributed by atoms with Crippen molar-refractivity contribution in [3.8, 4) is 5.75 Å². The zero-order valence-corrected chi connectivity index (χ0v) is 12.6. The van der Waals surface area contributed by atoms with Crippen molar-refractivity contribution in [1.82, 2.24) is 4.90 Å². The molecule has 0 spiro atoms. The van der Waals surface area contributed by atoms with E-state index in [0.717, 1.165) is 12.8 Å². The van der Waals surface area contributed by atoms with Crippen LogP contribution in [-0.2, 0) is 4.79 Å². The van der Waals surface area contributed by atoms with Gasteiger partial charge in [-0.1, -0.05) is 0 Å². The third kappa shape index (κ3) is 4.27. The van der Waals surface area contributed by atoms with Gasteiger partial charge in [-0.15, -0.1) is 0 Å². The Hall–Kier alpha value is -1.96. The molecule has 2 rings (SSSR count). The Labute approximate surface area is 132 Å². The molecule has 1 fully saturated rings. The van der Waals surface area contributed by atoms with Crippen LogP contribution in [0.5, 0.6) is 5.75 Å². The quantitative estimate of drug-likeness (QED) is 0.830. The Morgan fingerprint density at radius 1 is 1.36 bits per heavy atom. The maximum Gasteiger partial charge on any atom is 0.387 e. The number of halogens is 2. The zero-order chi connectivity index (χ0) is 16.1. The van der Waals surface area contributed by atoms with Gasteiger partial charge in [0.1, 0.15) is 11.8 Å². The number of nitrogens with two attached hydrogens (primary N) is 1. The van der Waals surface area contributed by atoms with Crippen LogP contribution in [-0.4, -0.2) is 35.1 Å². The number of nitrogens with zero attached hydrogens (tertiary/aromatic N) is 1. The number of anilines is 1. The van der Waals surface area contributed by atoms with Crippen LogP contribution >= 0.6 is 12.2 Å². The number of hydrogen-bond donors (Lipinski definition) is 2. The number of rotatable bonds is 4. The first-order valence-corrected chi connectivity index (χ1v) is 7.30. The first kappa shape index (κ1) is 16.4. The van der Waals surface area contributed by atoms with E-state index in [0.29, 0.717) is 23.8 Å². The number of likely N-dealkylation sites (tertiary alicyclic amines) is 1. The van der Waals surface area contributed by atoms with Gasteiger partial charge in [-0.05, 0) is 55.7 Å². The molecule has 0 saturated carbocycles. The molecule has 0 unspecified atom stereocenters. The number of piperidine rings is 1. The largest absolute Gasteiger partial charge is 0.435 e. The highest BCUT2D eigenvalue weighted by atomic mass is 32.1. The Balaban J connectivity index is 1.99. The summed E-state index contributed by atoms with van der Waals surface area (Å²) in [6, 6.07) is 5.58. The smallest absolute Gasteiger partial charge is 0.387 e. The molecule has 1 aromatic carbocycles. The summed E-state index contributed by atoms with van der Waals surface area (Å²) in [6.07, 6.45) is 2.55. The lowest BCUT2D eigenvalue weighted by Gasteiger charge is -2.35. The van der Waals surface area contributed by atoms with E-state index in [-0.39, 0.29) is 5.75 Å². The first-order chi connectivity index (χ1) is 10.5. The molecule has 0 bridgehead atoms. The molecule has 22 heavy (non-hydrogen) atoms. The van der Waals surface area contributed by atoms with Gasteiger partial charge in [0.15, 0.2) is 5.11 Å². The van der Waals surface area contributed by atoms with E-state index >= 15 is 0 Å². The summed E-state index contributed by atoms with van der Waals surface area (Å²) in [7, 11) is 0. The number of benzene rings is 1. The van der Waals surface area contributed by atoms with E-state index in [2.05, 4.69) is 10.1 Å². The highest BCUT2D eigenvalue weighted by molar-refractivity contribution is 7.80. The number of alkyl halides is 2. The molecule has 120 valence electrons. The van der Waals surface area contributed by atoms with Crippen molar-refractivity contribution in [1.29, 1.82) is 0 Å². The van der Waals surface area contributed by atoms with Gasteiger partial charge in [0.2, 0.25) is 5.91 Å². The Kier molecular flexibility index (Phi) is 5.48. The topological polar surface area (TPSA) is 67.6 Å². The second kappa shape index (κ2) is 7.35. The number of thiocarbonyl (C=S) groups is 1. The van der Waals surface area contributed by atoms with Crippen LogP contribution in [0.1, 0.15) is 19.3 Å². The van der Waals surface area contributed by atoms with Crippen LogP contribution in [0, 0.1) is 0 Å². The third-order valence-corrected chi connectivity index (χ3v) is 3.76. The average molecular weight is 329 g/mol. The highest BCUT2D eigenvalue weighted by Crippen LogP contribution is 2.21. The summed E-state index contributed by atoms with van der Waals surface area (Å²) in [6.45, 7) is -2.20. The van der Waals surface area contributed by atoms with Gasteiger partial charge in [-0.25, -0.2) is 0 Å². The Bertz CT molecular complexity index is 539. The van der Waals surface area contributed by atoms with E-state index in [1.165, 1.54) is 12.1 Å². The number of hydrogen-bond acceptors (Lipinski definition) is 3. The molecular weight excluding hydrogens is 312 g/mol. The van der Waals surface area contributed by atoms with Crippen molar-refractivity contribution in [2.45, 2.75) is 31.9 Å². The molecule has 1 aromatic rings. The number of primary amides is 1. The van der Waals surface area contributed by atoms with E-state index < -0.39 is 18.6 Å². The lowest BCUT2D eigenvalue weighted by atomic mass is 10.0. The van der Waals surface area contributed by atoms with Crippen LogP contribution in [0.4, 0.5) is 14.5 Å². The molecule has 8 heteroatoms.